The molecule has 1 aliphatic heterocycles. The van der Waals surface area contributed by atoms with Crippen molar-refractivity contribution < 1.29 is 14.3 Å². The van der Waals surface area contributed by atoms with Crippen molar-refractivity contribution in [1.82, 2.24) is 10.2 Å². The van der Waals surface area contributed by atoms with Gasteiger partial charge in [0.1, 0.15) is 0 Å². The van der Waals surface area contributed by atoms with Gasteiger partial charge in [-0.2, -0.15) is 0 Å². The van der Waals surface area contributed by atoms with Gasteiger partial charge in [0.25, 0.3) is 0 Å². The predicted molar refractivity (Wildman–Crippen MR) is 116 cm³/mol. The van der Waals surface area contributed by atoms with Crippen molar-refractivity contribution in [2.75, 3.05) is 20.8 Å². The third-order valence-corrected chi connectivity index (χ3v) is 5.75. The topological polar surface area (TPSA) is 50.8 Å². The zero-order chi connectivity index (χ0) is 21.0. The number of rotatable bonds is 6. The summed E-state index contributed by atoms with van der Waals surface area (Å²) in [6, 6.07) is 14.5. The number of hydrogen-bond acceptors (Lipinski definition) is 3. The van der Waals surface area contributed by atoms with E-state index >= 15 is 0 Å². The van der Waals surface area contributed by atoms with Crippen molar-refractivity contribution in [1.29, 1.82) is 0 Å². The molecule has 2 aromatic rings. The summed E-state index contributed by atoms with van der Waals surface area (Å²) >= 11 is 0. The predicted octanol–water partition coefficient (Wildman–Crippen LogP) is 4.53. The summed E-state index contributed by atoms with van der Waals surface area (Å²) in [7, 11) is 3.28. The van der Waals surface area contributed by atoms with Gasteiger partial charge in [0, 0.05) is 19.1 Å². The molecule has 1 aliphatic rings. The third kappa shape index (κ3) is 4.84. The Morgan fingerprint density at radius 1 is 1.10 bits per heavy atom. The van der Waals surface area contributed by atoms with Gasteiger partial charge in [0.2, 0.25) is 0 Å². The van der Waals surface area contributed by atoms with E-state index < -0.39 is 0 Å². The molecule has 3 rings (SSSR count). The van der Waals surface area contributed by atoms with Gasteiger partial charge >= 0.3 is 6.03 Å². The Morgan fingerprint density at radius 3 is 2.34 bits per heavy atom. The second-order valence-electron chi connectivity index (χ2n) is 8.45. The lowest BCUT2D eigenvalue weighted by Crippen LogP contribution is -2.47. The third-order valence-electron chi connectivity index (χ3n) is 5.75. The molecule has 1 unspecified atom stereocenters. The second kappa shape index (κ2) is 8.76. The van der Waals surface area contributed by atoms with E-state index in [1.807, 2.05) is 23.1 Å². The highest BCUT2D eigenvalue weighted by Crippen LogP contribution is 2.33. The molecular weight excluding hydrogens is 364 g/mol. The minimum atomic E-state index is -0.0122. The number of nitrogens with zero attached hydrogens (tertiary/aromatic N) is 1. The number of carbonyl (C=O) groups is 1. The van der Waals surface area contributed by atoms with Gasteiger partial charge in [-0.1, -0.05) is 44.2 Å². The minimum absolute atomic E-state index is 0.00757. The van der Waals surface area contributed by atoms with Gasteiger partial charge in [-0.05, 0) is 54.0 Å². The molecule has 2 amide bonds. The highest BCUT2D eigenvalue weighted by molar-refractivity contribution is 5.75. The van der Waals surface area contributed by atoms with Crippen LogP contribution in [0.15, 0.2) is 42.5 Å². The molecule has 0 bridgehead atoms. The average Bonchev–Trinajstić information content (AvgIpc) is 2.72. The van der Waals surface area contributed by atoms with Crippen LogP contribution in [-0.4, -0.2) is 37.7 Å². The van der Waals surface area contributed by atoms with Crippen LogP contribution in [-0.2, 0) is 18.4 Å². The molecule has 29 heavy (non-hydrogen) atoms. The van der Waals surface area contributed by atoms with Crippen LogP contribution < -0.4 is 14.8 Å². The first-order valence-electron chi connectivity index (χ1n) is 10.2. The molecule has 0 aromatic heterocycles. The molecule has 1 heterocycles. The Kier molecular flexibility index (Phi) is 6.36. The maximum atomic E-state index is 12.9. The van der Waals surface area contributed by atoms with Crippen molar-refractivity contribution in [2.45, 2.75) is 51.6 Å². The summed E-state index contributed by atoms with van der Waals surface area (Å²) in [5.74, 6) is 1.44. The molecule has 156 valence electrons. The molecule has 0 saturated heterocycles. The largest absolute Gasteiger partial charge is 0.493 e. The van der Waals surface area contributed by atoms with E-state index in [9.17, 15) is 4.79 Å². The number of methoxy groups -OCH3 is 2. The van der Waals surface area contributed by atoms with Gasteiger partial charge in [0.05, 0.1) is 14.2 Å². The number of ether oxygens (including phenoxy) is 2. The van der Waals surface area contributed by atoms with Crippen LogP contribution in [0.3, 0.4) is 0 Å². The fraction of sp³-hybridized carbons (Fsp3) is 0.458. The molecule has 5 nitrogen and oxygen atoms in total. The van der Waals surface area contributed by atoms with Crippen molar-refractivity contribution in [2.24, 2.45) is 0 Å². The Labute approximate surface area is 174 Å². The molecule has 2 aromatic carbocycles. The highest BCUT2D eigenvalue weighted by atomic mass is 16.5. The van der Waals surface area contributed by atoms with Gasteiger partial charge in [-0.15, -0.1) is 0 Å². The number of fused-ring (bicyclic) bond motifs is 1. The lowest BCUT2D eigenvalue weighted by atomic mass is 9.79. The van der Waals surface area contributed by atoms with Crippen LogP contribution in [0, 0.1) is 0 Å². The number of carbonyl (C=O) groups excluding carboxylic acids is 1. The van der Waals surface area contributed by atoms with Crippen LogP contribution >= 0.6 is 0 Å². The van der Waals surface area contributed by atoms with Crippen LogP contribution in [0.25, 0.3) is 0 Å². The maximum Gasteiger partial charge on any atom is 0.317 e. The van der Waals surface area contributed by atoms with E-state index in [2.05, 4.69) is 50.4 Å². The van der Waals surface area contributed by atoms with E-state index in [0.717, 1.165) is 24.2 Å². The summed E-state index contributed by atoms with van der Waals surface area (Å²) in [4.78, 5) is 14.8. The minimum Gasteiger partial charge on any atom is -0.493 e. The first-order valence-corrected chi connectivity index (χ1v) is 10.2. The molecule has 0 aliphatic carbocycles. The molecular formula is C24H32N2O3. The monoisotopic (exact) mass is 396 g/mol. The van der Waals surface area contributed by atoms with E-state index in [1.165, 1.54) is 11.1 Å². The standard InChI is InChI=1S/C24H32N2O3/c1-17(15-24(2,3)20-9-7-6-8-10-20)25-23(27)26-12-11-18-13-21(28-4)22(29-5)14-19(18)16-26/h6-10,13-14,17H,11-12,15-16H2,1-5H3,(H,25,27). The summed E-state index contributed by atoms with van der Waals surface area (Å²) in [6.07, 6.45) is 1.69. The van der Waals surface area contributed by atoms with Crippen molar-refractivity contribution in [3.63, 3.8) is 0 Å². The lowest BCUT2D eigenvalue weighted by Gasteiger charge is -2.33. The zero-order valence-electron chi connectivity index (χ0n) is 18.1. The molecule has 0 saturated carbocycles. The smallest absolute Gasteiger partial charge is 0.317 e. The Hall–Kier alpha value is -2.69. The van der Waals surface area contributed by atoms with Crippen molar-refractivity contribution >= 4 is 6.03 Å². The fourth-order valence-electron chi connectivity index (χ4n) is 4.18. The number of nitrogens with one attached hydrogen (secondary N) is 1. The molecule has 0 spiro atoms. The maximum absolute atomic E-state index is 12.9. The Morgan fingerprint density at radius 2 is 1.72 bits per heavy atom. The van der Waals surface area contributed by atoms with Gasteiger partial charge in [0.15, 0.2) is 11.5 Å². The molecule has 1 atom stereocenters. The molecule has 1 N–H and O–H groups in total. The number of urea groups is 1. The van der Waals surface area contributed by atoms with Crippen LogP contribution in [0.1, 0.15) is 43.9 Å². The van der Waals surface area contributed by atoms with E-state index in [1.54, 1.807) is 14.2 Å². The number of amides is 2. The fourth-order valence-corrected chi connectivity index (χ4v) is 4.18. The number of benzene rings is 2. The SMILES string of the molecule is COc1cc2c(cc1OC)CN(C(=O)NC(C)CC(C)(C)c1ccccc1)CC2. The normalized spacial score (nSPS) is 14.7. The Bertz CT molecular complexity index is 849. The summed E-state index contributed by atoms with van der Waals surface area (Å²) < 4.78 is 10.8. The molecule has 0 radical (unpaired) electrons. The number of hydrogen-bond donors (Lipinski definition) is 1. The molecule has 0 fully saturated rings. The quantitative estimate of drug-likeness (QED) is 0.781. The first-order chi connectivity index (χ1) is 13.8. The van der Waals surface area contributed by atoms with E-state index in [0.29, 0.717) is 18.8 Å². The average molecular weight is 397 g/mol. The summed E-state index contributed by atoms with van der Waals surface area (Å²) in [5.41, 5.74) is 3.60. The zero-order valence-corrected chi connectivity index (χ0v) is 18.1. The Balaban J connectivity index is 1.63. The van der Waals surface area contributed by atoms with Crippen molar-refractivity contribution in [3.05, 3.63) is 59.2 Å². The van der Waals surface area contributed by atoms with Gasteiger partial charge < -0.3 is 19.7 Å². The van der Waals surface area contributed by atoms with Gasteiger partial charge in [-0.3, -0.25) is 0 Å². The van der Waals surface area contributed by atoms with Crippen LogP contribution in [0.5, 0.6) is 11.5 Å². The second-order valence-corrected chi connectivity index (χ2v) is 8.45. The first kappa shape index (κ1) is 21.0. The highest BCUT2D eigenvalue weighted by Gasteiger charge is 2.27. The lowest BCUT2D eigenvalue weighted by molar-refractivity contribution is 0.186. The van der Waals surface area contributed by atoms with Gasteiger partial charge in [-0.25, -0.2) is 4.79 Å². The van der Waals surface area contributed by atoms with Crippen LogP contribution in [0.2, 0.25) is 0 Å². The van der Waals surface area contributed by atoms with Crippen LogP contribution in [0.4, 0.5) is 4.79 Å². The molecule has 5 heteroatoms. The van der Waals surface area contributed by atoms with Crippen molar-refractivity contribution in [3.8, 4) is 11.5 Å². The van der Waals surface area contributed by atoms with E-state index in [4.69, 9.17) is 9.47 Å². The summed E-state index contributed by atoms with van der Waals surface area (Å²) in [6.45, 7) is 7.80. The summed E-state index contributed by atoms with van der Waals surface area (Å²) in [5, 5.41) is 3.19. The van der Waals surface area contributed by atoms with E-state index in [-0.39, 0.29) is 17.5 Å².